The lowest BCUT2D eigenvalue weighted by Gasteiger charge is -2.28. The number of hydrogen-bond acceptors (Lipinski definition) is 12. The van der Waals surface area contributed by atoms with Crippen LogP contribution in [0, 0.1) is 0 Å². The fraction of sp³-hybridized carbons (Fsp3) is 0.583. The van der Waals surface area contributed by atoms with Crippen LogP contribution in [0.2, 0.25) is 0 Å². The van der Waals surface area contributed by atoms with Gasteiger partial charge in [-0.1, -0.05) is 6.92 Å². The molecule has 0 aliphatic carbocycles. The predicted octanol–water partition coefficient (Wildman–Crippen LogP) is -1.66. The number of phosphoric ester groups is 1. The third-order valence-electron chi connectivity index (χ3n) is 3.96. The summed E-state index contributed by atoms with van der Waals surface area (Å²) >= 11 is 0. The lowest BCUT2D eigenvalue weighted by atomic mass is 10.1. The van der Waals surface area contributed by atoms with E-state index in [-0.39, 0.29) is 12.2 Å². The molecule has 33 heavy (non-hydrogen) atoms. The summed E-state index contributed by atoms with van der Waals surface area (Å²) in [4.78, 5) is 62.7. The molecule has 1 aliphatic heterocycles. The molecule has 2 rings (SSSR count). The van der Waals surface area contributed by atoms with E-state index in [1.807, 2.05) is 0 Å². The van der Waals surface area contributed by atoms with E-state index in [0.29, 0.717) is 4.57 Å². The van der Waals surface area contributed by atoms with Crippen molar-refractivity contribution in [1.29, 1.82) is 0 Å². The molecule has 0 bridgehead atoms. The number of amides is 1. The molecule has 1 saturated heterocycles. The molecule has 1 aliphatic rings. The molecule has 21 heteroatoms. The van der Waals surface area contributed by atoms with Gasteiger partial charge in [-0.3, -0.25) is 13.9 Å². The Morgan fingerprint density at radius 3 is 2.45 bits per heavy atom. The van der Waals surface area contributed by atoms with Gasteiger partial charge in [-0.15, -0.1) is 0 Å². The molecule has 0 spiro atoms. The molecule has 1 fully saturated rings. The van der Waals surface area contributed by atoms with Crippen molar-refractivity contribution in [2.75, 3.05) is 18.5 Å². The number of anilines is 1. The Hall–Kier alpha value is -1.36. The molecule has 188 valence electrons. The number of rotatable bonds is 10. The van der Waals surface area contributed by atoms with Gasteiger partial charge >= 0.3 is 29.2 Å². The largest absolute Gasteiger partial charge is 0.490 e. The first-order valence-corrected chi connectivity index (χ1v) is 13.2. The molecule has 1 aromatic heterocycles. The highest BCUT2D eigenvalue weighted by Crippen LogP contribution is 2.66. The number of phosphoric acid groups is 3. The van der Waals surface area contributed by atoms with E-state index in [1.165, 1.54) is 0 Å². The van der Waals surface area contributed by atoms with Crippen molar-refractivity contribution in [2.24, 2.45) is 0 Å². The summed E-state index contributed by atoms with van der Waals surface area (Å²) in [6.07, 6.45) is -2.46. The summed E-state index contributed by atoms with van der Waals surface area (Å²) in [5, 5.41) is 23.4. The minimum Gasteiger partial charge on any atom is -0.385 e. The van der Waals surface area contributed by atoms with Crippen LogP contribution >= 0.6 is 23.5 Å². The standard InChI is InChI=1S/C12H20N3O15P3/c1-2-9(16)13-8-3-4-15(11(18)14-8)12(19)6-27-7(10(12)17)5-28-32(23,24)30-33(25,26)29-31(20,21)22/h3-4,7,10,17,19H,2,5-6H2,1H3,(H,23,24)(H,25,26)(H2,20,21,22)(H,13,14,16,18). The average molecular weight is 539 g/mol. The van der Waals surface area contributed by atoms with Gasteiger partial charge in [0.2, 0.25) is 5.91 Å². The molecule has 0 radical (unpaired) electrons. The van der Waals surface area contributed by atoms with Gasteiger partial charge in [-0.25, -0.2) is 18.5 Å². The highest BCUT2D eigenvalue weighted by atomic mass is 31.3. The third kappa shape index (κ3) is 7.56. The van der Waals surface area contributed by atoms with Crippen molar-refractivity contribution in [3.8, 4) is 0 Å². The summed E-state index contributed by atoms with van der Waals surface area (Å²) in [7, 11) is -16.8. The second-order valence-electron chi connectivity index (χ2n) is 6.43. The van der Waals surface area contributed by atoms with E-state index < -0.39 is 66.2 Å². The maximum atomic E-state index is 12.2. The number of aliphatic hydroxyl groups excluding tert-OH is 1. The predicted molar refractivity (Wildman–Crippen MR) is 103 cm³/mol. The van der Waals surface area contributed by atoms with Gasteiger partial charge in [0.15, 0.2) is 5.72 Å². The van der Waals surface area contributed by atoms with Crippen LogP contribution in [-0.4, -0.2) is 70.7 Å². The number of aromatic nitrogens is 2. The molecule has 5 unspecified atom stereocenters. The molecular weight excluding hydrogens is 519 g/mol. The van der Waals surface area contributed by atoms with Crippen LogP contribution in [0.4, 0.5) is 5.82 Å². The Morgan fingerprint density at radius 1 is 1.27 bits per heavy atom. The lowest BCUT2D eigenvalue weighted by molar-refractivity contribution is -0.116. The smallest absolute Gasteiger partial charge is 0.385 e. The van der Waals surface area contributed by atoms with E-state index >= 15 is 0 Å². The second-order valence-corrected chi connectivity index (χ2v) is 10.8. The zero-order chi connectivity index (χ0) is 25.2. The highest BCUT2D eigenvalue weighted by molar-refractivity contribution is 7.66. The summed E-state index contributed by atoms with van der Waals surface area (Å²) in [5.74, 6) is -0.557. The van der Waals surface area contributed by atoms with Gasteiger partial charge in [0.1, 0.15) is 18.0 Å². The molecule has 2 heterocycles. The summed E-state index contributed by atoms with van der Waals surface area (Å²) in [6, 6.07) is 1.15. The molecule has 1 aromatic rings. The maximum Gasteiger partial charge on any atom is 0.490 e. The van der Waals surface area contributed by atoms with Gasteiger partial charge in [0.05, 0.1) is 13.2 Å². The SMILES string of the molecule is CCC(=O)Nc1ccn(C2(O)COC(COP(=O)(O)OP(=O)(O)OP(=O)(O)O)C2O)c(=O)n1. The average Bonchev–Trinajstić information content (AvgIpc) is 2.92. The normalized spacial score (nSPS) is 27.0. The summed E-state index contributed by atoms with van der Waals surface area (Å²) in [5.41, 5.74) is -3.52. The first-order chi connectivity index (χ1) is 15.0. The number of carbonyl (C=O) groups excluding carboxylic acids is 1. The molecule has 0 saturated carbocycles. The van der Waals surface area contributed by atoms with Crippen molar-refractivity contribution in [3.05, 3.63) is 22.7 Å². The molecule has 18 nitrogen and oxygen atoms in total. The zero-order valence-electron chi connectivity index (χ0n) is 16.5. The van der Waals surface area contributed by atoms with Crippen molar-refractivity contribution < 1.29 is 66.2 Å². The monoisotopic (exact) mass is 539 g/mol. The minimum absolute atomic E-state index is 0.110. The van der Waals surface area contributed by atoms with Crippen LogP contribution in [-0.2, 0) is 42.1 Å². The second kappa shape index (κ2) is 10.1. The zero-order valence-corrected chi connectivity index (χ0v) is 19.2. The van der Waals surface area contributed by atoms with Crippen LogP contribution < -0.4 is 11.0 Å². The lowest BCUT2D eigenvalue weighted by Crippen LogP contribution is -2.51. The first kappa shape index (κ1) is 27.9. The number of aliphatic hydroxyl groups is 2. The number of nitrogens with one attached hydrogen (secondary N) is 1. The van der Waals surface area contributed by atoms with E-state index in [4.69, 9.17) is 19.4 Å². The van der Waals surface area contributed by atoms with E-state index in [0.717, 1.165) is 12.3 Å². The Kier molecular flexibility index (Phi) is 8.53. The van der Waals surface area contributed by atoms with E-state index in [2.05, 4.69) is 23.4 Å². The number of hydrogen-bond donors (Lipinski definition) is 7. The molecular formula is C12H20N3O15P3. The molecule has 1 amide bonds. The van der Waals surface area contributed by atoms with E-state index in [1.54, 1.807) is 6.92 Å². The summed E-state index contributed by atoms with van der Waals surface area (Å²) < 4.78 is 50.7. The Morgan fingerprint density at radius 2 is 1.91 bits per heavy atom. The number of carbonyl (C=O) groups is 1. The highest BCUT2D eigenvalue weighted by Gasteiger charge is 2.51. The Balaban J connectivity index is 2.08. The van der Waals surface area contributed by atoms with Gasteiger partial charge in [0, 0.05) is 12.6 Å². The van der Waals surface area contributed by atoms with Gasteiger partial charge < -0.3 is 39.8 Å². The van der Waals surface area contributed by atoms with Crippen LogP contribution in [0.1, 0.15) is 13.3 Å². The van der Waals surface area contributed by atoms with Crippen LogP contribution in [0.5, 0.6) is 0 Å². The fourth-order valence-corrected chi connectivity index (χ4v) is 5.55. The van der Waals surface area contributed by atoms with Crippen molar-refractivity contribution >= 4 is 35.2 Å². The van der Waals surface area contributed by atoms with Crippen molar-refractivity contribution in [1.82, 2.24) is 9.55 Å². The van der Waals surface area contributed by atoms with Gasteiger partial charge in [-0.05, 0) is 6.07 Å². The minimum atomic E-state index is -5.75. The van der Waals surface area contributed by atoms with Crippen LogP contribution in [0.3, 0.4) is 0 Å². The first-order valence-electron chi connectivity index (χ1n) is 8.68. The van der Waals surface area contributed by atoms with E-state index in [9.17, 15) is 38.4 Å². The number of ether oxygens (including phenoxy) is 1. The Labute approximate surface area is 184 Å². The maximum absolute atomic E-state index is 12.2. The molecule has 0 aromatic carbocycles. The summed E-state index contributed by atoms with van der Waals surface area (Å²) in [6.45, 7) is -0.227. The van der Waals surface area contributed by atoms with Crippen molar-refractivity contribution in [2.45, 2.75) is 31.3 Å². The Bertz CT molecular complexity index is 1090. The molecule has 5 atom stereocenters. The third-order valence-corrected chi connectivity index (χ3v) is 7.77. The van der Waals surface area contributed by atoms with Crippen LogP contribution in [0.25, 0.3) is 0 Å². The fourth-order valence-electron chi connectivity index (χ4n) is 2.52. The molecule has 7 N–H and O–H groups in total. The van der Waals surface area contributed by atoms with Crippen LogP contribution in [0.15, 0.2) is 17.1 Å². The van der Waals surface area contributed by atoms with Gasteiger partial charge in [0.25, 0.3) is 0 Å². The van der Waals surface area contributed by atoms with Crippen molar-refractivity contribution in [3.63, 3.8) is 0 Å². The van der Waals surface area contributed by atoms with Gasteiger partial charge in [-0.2, -0.15) is 13.6 Å². The quantitative estimate of drug-likeness (QED) is 0.164. The topological polar surface area (TPSA) is 273 Å². The number of nitrogens with zero attached hydrogens (tertiary/aromatic N) is 2.